The van der Waals surface area contributed by atoms with Gasteiger partial charge in [-0.3, -0.25) is 0 Å². The third kappa shape index (κ3) is 21.5. The second-order valence-electron chi connectivity index (χ2n) is 0. The summed E-state index contributed by atoms with van der Waals surface area (Å²) in [7, 11) is 0. The van der Waals surface area contributed by atoms with E-state index in [4.69, 9.17) is 0 Å². The van der Waals surface area contributed by atoms with Crippen molar-refractivity contribution in [2.24, 2.45) is 0 Å². The molecule has 0 heterocycles. The molecule has 0 aliphatic heterocycles. The molecule has 0 aromatic rings. The Morgan fingerprint density at radius 1 is 0.600 bits per heavy atom. The first-order chi connectivity index (χ1) is 0. The second-order valence-corrected chi connectivity index (χ2v) is 0. The minimum absolute atomic E-state index is 0. The van der Waals surface area contributed by atoms with E-state index in [2.05, 4.69) is 0 Å². The van der Waals surface area contributed by atoms with Crippen LogP contribution in [0, 0.1) is 75.9 Å². The molecule has 0 saturated heterocycles. The average Bonchev–Trinajstić information content (AvgIpc) is 0. The maximum Gasteiger partial charge on any atom is 3.00 e. The van der Waals surface area contributed by atoms with E-state index in [-0.39, 0.29) is 92.3 Å². The SMILES string of the molecule is [Dy+3].[Ho+3].[O-2].[O-2].[O-2]. The van der Waals surface area contributed by atoms with Crippen LogP contribution in [0.2, 0.25) is 0 Å². The van der Waals surface area contributed by atoms with Crippen molar-refractivity contribution >= 4 is 0 Å². The minimum atomic E-state index is 0. The second kappa shape index (κ2) is 32.3. The van der Waals surface area contributed by atoms with Crippen molar-refractivity contribution in [3.63, 3.8) is 0 Å². The van der Waals surface area contributed by atoms with Crippen LogP contribution in [0.1, 0.15) is 0 Å². The van der Waals surface area contributed by atoms with E-state index in [1.54, 1.807) is 0 Å². The van der Waals surface area contributed by atoms with Crippen LogP contribution >= 0.6 is 0 Å². The molecule has 0 rings (SSSR count). The van der Waals surface area contributed by atoms with Gasteiger partial charge in [-0.1, -0.05) is 0 Å². The van der Waals surface area contributed by atoms with Crippen LogP contribution in [-0.2, 0) is 16.4 Å². The summed E-state index contributed by atoms with van der Waals surface area (Å²) < 4.78 is 0. The molecule has 0 aromatic carbocycles. The summed E-state index contributed by atoms with van der Waals surface area (Å²) in [5.41, 5.74) is 0. The molecule has 0 saturated carbocycles. The molecule has 0 N–H and O–H groups in total. The summed E-state index contributed by atoms with van der Waals surface area (Å²) >= 11 is 0. The molecule has 0 spiro atoms. The van der Waals surface area contributed by atoms with Gasteiger partial charge in [-0.15, -0.1) is 0 Å². The van der Waals surface area contributed by atoms with E-state index in [0.717, 1.165) is 0 Å². The van der Waals surface area contributed by atoms with Crippen LogP contribution < -0.4 is 0 Å². The van der Waals surface area contributed by atoms with E-state index in [1.165, 1.54) is 0 Å². The van der Waals surface area contributed by atoms with Crippen LogP contribution in [0.25, 0.3) is 0 Å². The monoisotopic (exact) mass is 377 g/mol. The number of rotatable bonds is 0. The van der Waals surface area contributed by atoms with Gasteiger partial charge in [-0.05, 0) is 0 Å². The molecule has 5 heavy (non-hydrogen) atoms. The fourth-order valence-electron chi connectivity index (χ4n) is 0. The minimum Gasteiger partial charge on any atom is -2.00 e. The Bertz CT molecular complexity index is 6.85. The van der Waals surface area contributed by atoms with Crippen molar-refractivity contribution in [3.8, 4) is 0 Å². The Hall–Kier alpha value is 2.41. The van der Waals surface area contributed by atoms with Gasteiger partial charge in [0.25, 0.3) is 0 Å². The van der Waals surface area contributed by atoms with Crippen molar-refractivity contribution < 1.29 is 92.3 Å². The zero-order valence-corrected chi connectivity index (χ0v) is 5.81. The van der Waals surface area contributed by atoms with Gasteiger partial charge < -0.3 is 16.4 Å². The predicted octanol–water partition coefficient (Wildman–Crippen LogP) is -0.356. The van der Waals surface area contributed by atoms with Crippen LogP contribution in [-0.4, -0.2) is 0 Å². The molecule has 0 aliphatic carbocycles. The first-order valence-corrected chi connectivity index (χ1v) is 0. The van der Waals surface area contributed by atoms with E-state index in [1.807, 2.05) is 0 Å². The topological polar surface area (TPSA) is 85.5 Å². The van der Waals surface area contributed by atoms with Crippen molar-refractivity contribution in [2.75, 3.05) is 0 Å². The summed E-state index contributed by atoms with van der Waals surface area (Å²) in [6.45, 7) is 0. The fourth-order valence-corrected chi connectivity index (χ4v) is 0. The first kappa shape index (κ1) is 52.4. The standard InChI is InChI=1S/Dy.Ho.3O/q2*+3;3*-2. The maximum absolute atomic E-state index is 0. The Morgan fingerprint density at radius 2 is 0.600 bits per heavy atom. The Morgan fingerprint density at radius 3 is 0.600 bits per heavy atom. The molecule has 39 valence electrons. The van der Waals surface area contributed by atoms with Crippen molar-refractivity contribution in [2.45, 2.75) is 0 Å². The molecule has 0 bridgehead atoms. The molecule has 3 nitrogen and oxygen atoms in total. The van der Waals surface area contributed by atoms with Crippen molar-refractivity contribution in [1.82, 2.24) is 0 Å². The van der Waals surface area contributed by atoms with Crippen LogP contribution in [0.15, 0.2) is 0 Å². The van der Waals surface area contributed by atoms with Crippen LogP contribution in [0.4, 0.5) is 0 Å². The smallest absolute Gasteiger partial charge is 2.00 e. The molecule has 5 heteroatoms. The summed E-state index contributed by atoms with van der Waals surface area (Å²) in [6.07, 6.45) is 0. The molecule has 1 radical (unpaired) electrons. The Labute approximate surface area is 90.5 Å². The van der Waals surface area contributed by atoms with Crippen molar-refractivity contribution in [1.29, 1.82) is 0 Å². The number of hydrogen-bond acceptors (Lipinski definition) is 0. The normalized spacial score (nSPS) is 0. The zero-order chi connectivity index (χ0) is 0. The van der Waals surface area contributed by atoms with Gasteiger partial charge in [-0.25, -0.2) is 0 Å². The van der Waals surface area contributed by atoms with Gasteiger partial charge in [-0.2, -0.15) is 0 Å². The molecule has 0 atom stereocenters. The molecular formula is DyHoO3. The quantitative estimate of drug-likeness (QED) is 0.518. The summed E-state index contributed by atoms with van der Waals surface area (Å²) in [5.74, 6) is 0. The van der Waals surface area contributed by atoms with E-state index in [9.17, 15) is 0 Å². The summed E-state index contributed by atoms with van der Waals surface area (Å²) in [6, 6.07) is 0. The van der Waals surface area contributed by atoms with E-state index >= 15 is 0 Å². The van der Waals surface area contributed by atoms with Gasteiger partial charge in [0.2, 0.25) is 0 Å². The molecule has 0 aromatic heterocycles. The van der Waals surface area contributed by atoms with Gasteiger partial charge in [0.15, 0.2) is 0 Å². The molecule has 0 unspecified atom stereocenters. The first-order valence-electron chi connectivity index (χ1n) is 0. The maximum atomic E-state index is 0. The van der Waals surface area contributed by atoms with Gasteiger partial charge in [0.1, 0.15) is 0 Å². The molecule has 0 aliphatic rings. The largest absolute Gasteiger partial charge is 3.00 e. The molecule has 0 fully saturated rings. The Kier molecular flexibility index (Phi) is 338. The predicted molar refractivity (Wildman–Crippen MR) is 2.06 cm³/mol. The third-order valence-electron chi connectivity index (χ3n) is 0. The van der Waals surface area contributed by atoms with E-state index in [0.29, 0.717) is 0 Å². The van der Waals surface area contributed by atoms with Gasteiger partial charge >= 0.3 is 75.9 Å². The van der Waals surface area contributed by atoms with Gasteiger partial charge in [0.05, 0.1) is 0 Å². The van der Waals surface area contributed by atoms with Crippen molar-refractivity contribution in [3.05, 3.63) is 0 Å². The molecular weight excluding hydrogens is 375 g/mol. The number of hydrogen-bond donors (Lipinski definition) is 0. The molecule has 0 amide bonds. The summed E-state index contributed by atoms with van der Waals surface area (Å²) in [4.78, 5) is 0. The fraction of sp³-hybridized carbons (Fsp3) is 0. The van der Waals surface area contributed by atoms with E-state index < -0.39 is 0 Å². The zero-order valence-electron chi connectivity index (χ0n) is 1.84. The Balaban J connectivity index is 0. The summed E-state index contributed by atoms with van der Waals surface area (Å²) in [5, 5.41) is 0. The van der Waals surface area contributed by atoms with Gasteiger partial charge in [0, 0.05) is 0 Å². The van der Waals surface area contributed by atoms with Crippen LogP contribution in [0.3, 0.4) is 0 Å². The average molecular weight is 375 g/mol. The third-order valence-corrected chi connectivity index (χ3v) is 0. The van der Waals surface area contributed by atoms with Crippen LogP contribution in [0.5, 0.6) is 0 Å².